The molecule has 0 atom stereocenters. The fourth-order valence-corrected chi connectivity index (χ4v) is 9.87. The summed E-state index contributed by atoms with van der Waals surface area (Å²) < 4.78 is 38.5. The van der Waals surface area contributed by atoms with Crippen LogP contribution in [0.2, 0.25) is 0 Å². The summed E-state index contributed by atoms with van der Waals surface area (Å²) in [5, 5.41) is 0. The van der Waals surface area contributed by atoms with Gasteiger partial charge in [0.2, 0.25) is 0 Å². The van der Waals surface area contributed by atoms with Gasteiger partial charge in [0.05, 0.1) is 0 Å². The molecular formula is C13H27F3P2. The molecule has 0 N–H and O–H groups in total. The van der Waals surface area contributed by atoms with E-state index in [9.17, 15) is 13.2 Å². The van der Waals surface area contributed by atoms with E-state index in [1.807, 2.05) is 0 Å². The summed E-state index contributed by atoms with van der Waals surface area (Å²) in [4.78, 5) is 0. The maximum atomic E-state index is 12.8. The van der Waals surface area contributed by atoms with E-state index in [-0.39, 0.29) is 7.87 Å². The molecule has 0 spiro atoms. The maximum absolute atomic E-state index is 12.8. The van der Waals surface area contributed by atoms with Crippen LogP contribution >= 0.6 is 14.4 Å². The topological polar surface area (TPSA) is 0 Å². The molecule has 0 aromatic heterocycles. The average Bonchev–Trinajstić information content (AvgIpc) is 2.29. The van der Waals surface area contributed by atoms with Crippen LogP contribution in [0.1, 0.15) is 59.3 Å². The molecule has 0 unspecified atom stereocenters. The molecule has 0 saturated heterocycles. The molecule has 0 bridgehead atoms. The second-order valence-corrected chi connectivity index (χ2v) is 12.3. The van der Waals surface area contributed by atoms with Crippen LogP contribution in [0.3, 0.4) is 0 Å². The highest BCUT2D eigenvalue weighted by molar-refractivity contribution is 8.05. The molecule has 0 rings (SSSR count). The Hall–Kier alpha value is 0.520. The second-order valence-electron chi connectivity index (χ2n) is 4.89. The third-order valence-corrected chi connectivity index (χ3v) is 11.0. The van der Waals surface area contributed by atoms with Gasteiger partial charge < -0.3 is 0 Å². The number of alkyl halides is 3. The Morgan fingerprint density at radius 3 is 1.33 bits per heavy atom. The van der Waals surface area contributed by atoms with Crippen molar-refractivity contribution in [3.63, 3.8) is 0 Å². The number of hydrogen-bond acceptors (Lipinski definition) is 0. The first kappa shape index (κ1) is 18.5. The van der Waals surface area contributed by atoms with Gasteiger partial charge in [-0.05, 0) is 37.7 Å². The van der Waals surface area contributed by atoms with E-state index in [0.717, 1.165) is 57.0 Å². The van der Waals surface area contributed by atoms with Crippen molar-refractivity contribution in [3.05, 3.63) is 0 Å². The average molecular weight is 302 g/mol. The molecule has 5 heteroatoms. The number of rotatable bonds is 9. The summed E-state index contributed by atoms with van der Waals surface area (Å²) in [5.74, 6) is -4.00. The van der Waals surface area contributed by atoms with E-state index in [1.54, 1.807) is 0 Å². The molecule has 18 heavy (non-hydrogen) atoms. The van der Waals surface area contributed by atoms with Gasteiger partial charge in [-0.3, -0.25) is 0 Å². The molecule has 0 radical (unpaired) electrons. The predicted molar refractivity (Wildman–Crippen MR) is 79.2 cm³/mol. The minimum atomic E-state index is -4.00. The molecule has 0 aliphatic rings. The zero-order valence-corrected chi connectivity index (χ0v) is 13.7. The van der Waals surface area contributed by atoms with Crippen LogP contribution in [-0.4, -0.2) is 24.4 Å². The van der Waals surface area contributed by atoms with E-state index in [1.165, 1.54) is 0 Å². The fraction of sp³-hybridized carbons (Fsp3) is 1.00. The molecule has 0 aromatic rings. The lowest BCUT2D eigenvalue weighted by atomic mass is 10.4. The van der Waals surface area contributed by atoms with Gasteiger partial charge in [-0.25, -0.2) is 0 Å². The standard InChI is InChI=1S/C13H27F3P2/c1-4-7-10-18(11-8-5-2,12-9-6-3)17-13(14,15)16/h4-12H2,1-3H3. The highest BCUT2D eigenvalue weighted by Gasteiger charge is 2.30. The molecule has 0 fully saturated rings. The fourth-order valence-electron chi connectivity index (χ4n) is 2.08. The van der Waals surface area contributed by atoms with Crippen molar-refractivity contribution in [2.45, 2.75) is 65.2 Å². The third kappa shape index (κ3) is 8.59. The van der Waals surface area contributed by atoms with E-state index >= 15 is 0 Å². The summed E-state index contributed by atoms with van der Waals surface area (Å²) in [6.07, 6.45) is 8.42. The lowest BCUT2D eigenvalue weighted by Crippen LogP contribution is -2.03. The highest BCUT2D eigenvalue weighted by atomic mass is 31.8. The molecule has 110 valence electrons. The minimum Gasteiger partial charge on any atom is -0.162 e. The van der Waals surface area contributed by atoms with Crippen molar-refractivity contribution in [2.75, 3.05) is 18.5 Å². The second kappa shape index (κ2) is 9.43. The Labute approximate surface area is 112 Å². The molecule has 0 aliphatic heterocycles. The number of halogens is 3. The van der Waals surface area contributed by atoms with Crippen LogP contribution < -0.4 is 0 Å². The van der Waals surface area contributed by atoms with E-state index in [4.69, 9.17) is 0 Å². The van der Waals surface area contributed by atoms with Crippen molar-refractivity contribution < 1.29 is 13.2 Å². The van der Waals surface area contributed by atoms with E-state index in [0.29, 0.717) is 0 Å². The van der Waals surface area contributed by atoms with Crippen LogP contribution in [0.5, 0.6) is 0 Å². The quantitative estimate of drug-likeness (QED) is 0.411. The van der Waals surface area contributed by atoms with Crippen molar-refractivity contribution in [1.29, 1.82) is 0 Å². The first-order valence-corrected chi connectivity index (χ1v) is 11.0. The zero-order chi connectivity index (χ0) is 14.1. The maximum Gasteiger partial charge on any atom is 0.431 e. The van der Waals surface area contributed by atoms with Gasteiger partial charge in [0.25, 0.3) is 0 Å². The Kier molecular flexibility index (Phi) is 9.70. The smallest absolute Gasteiger partial charge is 0.162 e. The van der Waals surface area contributed by atoms with Gasteiger partial charge >= 0.3 is 5.92 Å². The summed E-state index contributed by atoms with van der Waals surface area (Å²) in [7, 11) is -0.188. The van der Waals surface area contributed by atoms with Crippen LogP contribution in [0.4, 0.5) is 13.2 Å². The monoisotopic (exact) mass is 302 g/mol. The molecule has 0 aliphatic carbocycles. The summed E-state index contributed by atoms with van der Waals surface area (Å²) in [5.41, 5.74) is 0. The van der Waals surface area contributed by atoms with Crippen LogP contribution in [0, 0.1) is 0 Å². The lowest BCUT2D eigenvalue weighted by Gasteiger charge is -2.26. The zero-order valence-electron chi connectivity index (χ0n) is 11.9. The van der Waals surface area contributed by atoms with Crippen molar-refractivity contribution in [2.24, 2.45) is 0 Å². The van der Waals surface area contributed by atoms with Gasteiger partial charge in [-0.2, -0.15) is 13.2 Å². The summed E-state index contributed by atoms with van der Waals surface area (Å²) in [6, 6.07) is 0. The predicted octanol–water partition coefficient (Wildman–Crippen LogP) is 6.79. The van der Waals surface area contributed by atoms with Gasteiger partial charge in [0.15, 0.2) is 0 Å². The van der Waals surface area contributed by atoms with Gasteiger partial charge in [0.1, 0.15) is 0 Å². The summed E-state index contributed by atoms with van der Waals surface area (Å²) >= 11 is 0. The Morgan fingerprint density at radius 2 is 1.11 bits per heavy atom. The molecule has 0 saturated carbocycles. The van der Waals surface area contributed by atoms with Crippen LogP contribution in [0.25, 0.3) is 0 Å². The minimum absolute atomic E-state index is 0.188. The Balaban J connectivity index is 5.04. The molecule has 0 aromatic carbocycles. The van der Waals surface area contributed by atoms with Crippen LogP contribution in [0.15, 0.2) is 0 Å². The third-order valence-electron chi connectivity index (χ3n) is 3.11. The number of unbranched alkanes of at least 4 members (excludes halogenated alkanes) is 3. The molecule has 0 heterocycles. The van der Waals surface area contributed by atoms with Crippen LogP contribution in [-0.2, 0) is 0 Å². The SMILES string of the molecule is CCCCP(CCCC)(CCCC)=PC(F)(F)F. The highest BCUT2D eigenvalue weighted by Crippen LogP contribution is 2.63. The van der Waals surface area contributed by atoms with Gasteiger partial charge in [0, 0.05) is 7.87 Å². The first-order valence-electron chi connectivity index (χ1n) is 7.06. The van der Waals surface area contributed by atoms with Gasteiger partial charge in [-0.15, -0.1) is 0 Å². The molecular weight excluding hydrogens is 275 g/mol. The molecule has 0 amide bonds. The number of hydrogen-bond donors (Lipinski definition) is 0. The first-order chi connectivity index (χ1) is 8.39. The van der Waals surface area contributed by atoms with Crippen molar-refractivity contribution in [1.82, 2.24) is 0 Å². The normalized spacial score (nSPS) is 13.2. The van der Waals surface area contributed by atoms with Gasteiger partial charge in [-0.1, -0.05) is 46.6 Å². The van der Waals surface area contributed by atoms with Crippen molar-refractivity contribution >= 4 is 14.4 Å². The van der Waals surface area contributed by atoms with Crippen molar-refractivity contribution in [3.8, 4) is 0 Å². The largest absolute Gasteiger partial charge is 0.431 e. The molecule has 0 nitrogen and oxygen atoms in total. The Bertz CT molecular complexity index is 231. The van der Waals surface area contributed by atoms with E-state index < -0.39 is 12.5 Å². The van der Waals surface area contributed by atoms with E-state index in [2.05, 4.69) is 20.8 Å². The lowest BCUT2D eigenvalue weighted by molar-refractivity contribution is -0.0347. The Morgan fingerprint density at radius 1 is 0.778 bits per heavy atom. The summed E-state index contributed by atoms with van der Waals surface area (Å²) in [6.45, 7) is 4.38.